The van der Waals surface area contributed by atoms with E-state index >= 15 is 0 Å². The molecular formula is C30H34Cl2N2O5S. The average Bonchev–Trinajstić information content (AvgIpc) is 2.90. The summed E-state index contributed by atoms with van der Waals surface area (Å²) in [5.74, 6) is -1.31. The summed E-state index contributed by atoms with van der Waals surface area (Å²) in [6, 6.07) is 19.7. The van der Waals surface area contributed by atoms with Gasteiger partial charge in [0.1, 0.15) is 0 Å². The quantitative estimate of drug-likeness (QED) is 0.135. The van der Waals surface area contributed by atoms with Crippen LogP contribution < -0.4 is 10.6 Å². The summed E-state index contributed by atoms with van der Waals surface area (Å²) in [6.45, 7) is 1.96. The van der Waals surface area contributed by atoms with Gasteiger partial charge in [0.2, 0.25) is 5.91 Å². The molecule has 0 saturated heterocycles. The molecule has 0 radical (unpaired) electrons. The van der Waals surface area contributed by atoms with Gasteiger partial charge in [-0.25, -0.2) is 0 Å². The highest BCUT2D eigenvalue weighted by Gasteiger charge is 2.20. The summed E-state index contributed by atoms with van der Waals surface area (Å²) in [5.41, 5.74) is 3.74. The summed E-state index contributed by atoms with van der Waals surface area (Å²) in [7, 11) is -4.15. The van der Waals surface area contributed by atoms with Crippen molar-refractivity contribution in [2.45, 2.75) is 45.4 Å². The Morgan fingerprint density at radius 3 is 2.25 bits per heavy atom. The number of amides is 2. The number of unbranched alkanes of at least 4 members (excludes halogenated alkanes) is 3. The summed E-state index contributed by atoms with van der Waals surface area (Å²) >= 11 is 12.3. The molecule has 214 valence electrons. The predicted molar refractivity (Wildman–Crippen MR) is 162 cm³/mol. The van der Waals surface area contributed by atoms with E-state index in [1.54, 1.807) is 36.4 Å². The zero-order valence-electron chi connectivity index (χ0n) is 22.3. The molecule has 10 heteroatoms. The van der Waals surface area contributed by atoms with Gasteiger partial charge >= 0.3 is 0 Å². The average molecular weight is 606 g/mol. The van der Waals surface area contributed by atoms with Crippen molar-refractivity contribution in [3.63, 3.8) is 0 Å². The molecule has 0 fully saturated rings. The minimum Gasteiger partial charge on any atom is -0.351 e. The van der Waals surface area contributed by atoms with Crippen molar-refractivity contribution in [3.05, 3.63) is 87.9 Å². The normalized spacial score (nSPS) is 12.1. The van der Waals surface area contributed by atoms with E-state index in [1.807, 2.05) is 30.3 Å². The van der Waals surface area contributed by atoms with Crippen LogP contribution in [0.3, 0.4) is 0 Å². The lowest BCUT2D eigenvalue weighted by atomic mass is 9.92. The monoisotopic (exact) mass is 604 g/mol. The van der Waals surface area contributed by atoms with E-state index in [4.69, 9.17) is 27.8 Å². The van der Waals surface area contributed by atoms with Gasteiger partial charge in [0.25, 0.3) is 16.0 Å². The van der Waals surface area contributed by atoms with Crippen LogP contribution >= 0.6 is 23.2 Å². The summed E-state index contributed by atoms with van der Waals surface area (Å²) in [6.07, 6.45) is 5.47. The molecule has 0 saturated carbocycles. The van der Waals surface area contributed by atoms with Gasteiger partial charge in [0.15, 0.2) is 0 Å². The zero-order valence-corrected chi connectivity index (χ0v) is 24.7. The maximum absolute atomic E-state index is 13.3. The number of benzene rings is 3. The van der Waals surface area contributed by atoms with Gasteiger partial charge in [-0.05, 0) is 60.4 Å². The number of hydrogen-bond acceptors (Lipinski definition) is 4. The van der Waals surface area contributed by atoms with E-state index in [-0.39, 0.29) is 18.4 Å². The van der Waals surface area contributed by atoms with E-state index in [1.165, 1.54) is 0 Å². The molecule has 0 aliphatic carbocycles. The van der Waals surface area contributed by atoms with Gasteiger partial charge < -0.3 is 10.6 Å². The molecule has 0 aromatic heterocycles. The topological polar surface area (TPSA) is 113 Å². The largest absolute Gasteiger partial charge is 0.351 e. The number of nitrogens with one attached hydrogen (secondary N) is 2. The van der Waals surface area contributed by atoms with Crippen LogP contribution in [0, 0.1) is 5.92 Å². The van der Waals surface area contributed by atoms with Gasteiger partial charge in [-0.1, -0.05) is 86.1 Å². The molecule has 0 heterocycles. The van der Waals surface area contributed by atoms with Crippen molar-refractivity contribution in [1.82, 2.24) is 5.32 Å². The highest BCUT2D eigenvalue weighted by Crippen LogP contribution is 2.31. The Bertz CT molecular complexity index is 1390. The van der Waals surface area contributed by atoms with Crippen LogP contribution in [0.4, 0.5) is 5.69 Å². The first-order valence-electron chi connectivity index (χ1n) is 13.2. The summed E-state index contributed by atoms with van der Waals surface area (Å²) in [4.78, 5) is 25.6. The van der Waals surface area contributed by atoms with Crippen LogP contribution in [0.25, 0.3) is 11.1 Å². The molecule has 0 spiro atoms. The Morgan fingerprint density at radius 2 is 1.62 bits per heavy atom. The molecule has 3 aromatic rings. The summed E-state index contributed by atoms with van der Waals surface area (Å²) < 4.78 is 30.5. The zero-order chi connectivity index (χ0) is 29.1. The Hall–Kier alpha value is -2.91. The smallest absolute Gasteiger partial charge is 0.266 e. The first kappa shape index (κ1) is 31.6. The molecule has 7 nitrogen and oxygen atoms in total. The lowest BCUT2D eigenvalue weighted by Crippen LogP contribution is -2.29. The molecule has 0 bridgehead atoms. The molecule has 3 rings (SSSR count). The predicted octanol–water partition coefficient (Wildman–Crippen LogP) is 7.05. The molecule has 2 amide bonds. The number of halogens is 2. The maximum atomic E-state index is 13.3. The van der Waals surface area contributed by atoms with Crippen LogP contribution in [0.1, 0.15) is 54.9 Å². The van der Waals surface area contributed by atoms with Crippen molar-refractivity contribution in [3.8, 4) is 11.1 Å². The SMILES string of the molecule is CCCCCCC(Cc1ccc(C(=O)NCCS(=O)(=O)O)cc1)C(=O)Nc1ccc(-c2ccc(Cl)cc2Cl)cc1. The Labute approximate surface area is 246 Å². The Kier molecular flexibility index (Phi) is 12.0. The molecular weight excluding hydrogens is 571 g/mol. The lowest BCUT2D eigenvalue weighted by molar-refractivity contribution is -0.120. The fourth-order valence-electron chi connectivity index (χ4n) is 4.32. The molecule has 1 unspecified atom stereocenters. The van der Waals surface area contributed by atoms with Crippen LogP contribution in [0.5, 0.6) is 0 Å². The van der Waals surface area contributed by atoms with Crippen molar-refractivity contribution in [1.29, 1.82) is 0 Å². The van der Waals surface area contributed by atoms with Gasteiger partial charge in [0, 0.05) is 39.3 Å². The second-order valence-electron chi connectivity index (χ2n) is 9.68. The first-order valence-corrected chi connectivity index (χ1v) is 15.6. The fraction of sp³-hybridized carbons (Fsp3) is 0.333. The number of carbonyl (C=O) groups excluding carboxylic acids is 2. The standard InChI is InChI=1S/C30H34Cl2N2O5S/c1-2-3-4-5-6-24(19-21-7-9-23(10-8-21)29(35)33-17-18-40(37,38)39)30(36)34-26-14-11-22(12-15-26)27-16-13-25(31)20-28(27)32/h7-16,20,24H,2-6,17-19H2,1H3,(H,33,35)(H,34,36)(H,37,38,39). The second kappa shape index (κ2) is 15.2. The van der Waals surface area contributed by atoms with Gasteiger partial charge in [-0.2, -0.15) is 8.42 Å². The third-order valence-corrected chi connectivity index (χ3v) is 7.78. The van der Waals surface area contributed by atoms with Crippen molar-refractivity contribution in [2.75, 3.05) is 17.6 Å². The molecule has 3 N–H and O–H groups in total. The third kappa shape index (κ3) is 10.2. The fourth-order valence-corrected chi connectivity index (χ4v) is 5.19. The highest BCUT2D eigenvalue weighted by molar-refractivity contribution is 7.85. The third-order valence-electron chi connectivity index (χ3n) is 6.52. The second-order valence-corrected chi connectivity index (χ2v) is 12.1. The lowest BCUT2D eigenvalue weighted by Gasteiger charge is -2.18. The Morgan fingerprint density at radius 1 is 0.925 bits per heavy atom. The maximum Gasteiger partial charge on any atom is 0.266 e. The van der Waals surface area contributed by atoms with E-state index in [9.17, 15) is 18.0 Å². The van der Waals surface area contributed by atoms with E-state index in [0.717, 1.165) is 48.8 Å². The van der Waals surface area contributed by atoms with Crippen molar-refractivity contribution in [2.24, 2.45) is 5.92 Å². The summed E-state index contributed by atoms with van der Waals surface area (Å²) in [5, 5.41) is 6.63. The van der Waals surface area contributed by atoms with E-state index in [2.05, 4.69) is 17.6 Å². The number of hydrogen-bond donors (Lipinski definition) is 3. The minimum atomic E-state index is -4.15. The molecule has 0 aliphatic rings. The van der Waals surface area contributed by atoms with Crippen molar-refractivity contribution < 1.29 is 22.6 Å². The molecule has 1 atom stereocenters. The minimum absolute atomic E-state index is 0.0687. The van der Waals surface area contributed by atoms with Gasteiger partial charge in [0.05, 0.1) is 5.75 Å². The van der Waals surface area contributed by atoms with Crippen LogP contribution in [-0.2, 0) is 21.3 Å². The molecule has 0 aliphatic heterocycles. The van der Waals surface area contributed by atoms with E-state index in [0.29, 0.717) is 27.7 Å². The van der Waals surface area contributed by atoms with Gasteiger partial charge in [-0.15, -0.1) is 0 Å². The Balaban J connectivity index is 1.65. The van der Waals surface area contributed by atoms with Gasteiger partial charge in [-0.3, -0.25) is 14.1 Å². The highest BCUT2D eigenvalue weighted by atomic mass is 35.5. The van der Waals surface area contributed by atoms with Crippen molar-refractivity contribution >= 4 is 50.8 Å². The number of rotatable bonds is 14. The van der Waals surface area contributed by atoms with E-state index < -0.39 is 21.8 Å². The van der Waals surface area contributed by atoms with Crippen LogP contribution in [0.2, 0.25) is 10.0 Å². The molecule has 3 aromatic carbocycles. The van der Waals surface area contributed by atoms with Crippen LogP contribution in [0.15, 0.2) is 66.7 Å². The first-order chi connectivity index (χ1) is 19.1. The molecule has 40 heavy (non-hydrogen) atoms. The number of carbonyl (C=O) groups is 2. The number of anilines is 1. The van der Waals surface area contributed by atoms with Crippen LogP contribution in [-0.4, -0.2) is 37.1 Å².